The van der Waals surface area contributed by atoms with Gasteiger partial charge in [-0.1, -0.05) is 18.6 Å². The molecule has 1 aromatic carbocycles. The average molecular weight is 393 g/mol. The molecule has 0 aliphatic carbocycles. The quantitative estimate of drug-likeness (QED) is 0.739. The number of carbonyl (C=O) groups excluding carboxylic acids is 1. The maximum atomic E-state index is 12.9. The molecule has 7 heteroatoms. The van der Waals surface area contributed by atoms with Gasteiger partial charge >= 0.3 is 0 Å². The number of aryl methyl sites for hydroxylation is 2. The van der Waals surface area contributed by atoms with E-state index in [9.17, 15) is 4.79 Å². The first-order chi connectivity index (χ1) is 14.3. The van der Waals surface area contributed by atoms with Crippen LogP contribution in [0.25, 0.3) is 11.0 Å². The predicted octanol–water partition coefficient (Wildman–Crippen LogP) is 3.22. The van der Waals surface area contributed by atoms with E-state index in [2.05, 4.69) is 24.7 Å². The number of amides is 1. The summed E-state index contributed by atoms with van der Waals surface area (Å²) < 4.78 is 2.33. The zero-order valence-corrected chi connectivity index (χ0v) is 16.8. The first-order valence-corrected chi connectivity index (χ1v) is 10.9. The third-order valence-electron chi connectivity index (χ3n) is 6.29. The summed E-state index contributed by atoms with van der Waals surface area (Å²) in [6.07, 6.45) is 7.95. The Balaban J connectivity index is 1.23. The van der Waals surface area contributed by atoms with Gasteiger partial charge in [-0.3, -0.25) is 4.79 Å². The van der Waals surface area contributed by atoms with Gasteiger partial charge in [0.15, 0.2) is 0 Å². The molecule has 0 saturated carbocycles. The molecule has 1 amide bonds. The minimum atomic E-state index is 0.214. The van der Waals surface area contributed by atoms with Crippen molar-refractivity contribution < 1.29 is 4.79 Å². The molecule has 5 rings (SSSR count). The van der Waals surface area contributed by atoms with Crippen molar-refractivity contribution in [2.24, 2.45) is 0 Å². The molecule has 1 unspecified atom stereocenters. The number of hydrogen-bond donors (Lipinski definition) is 1. The summed E-state index contributed by atoms with van der Waals surface area (Å²) in [4.78, 5) is 22.8. The molecule has 2 aliphatic heterocycles. The lowest BCUT2D eigenvalue weighted by molar-refractivity contribution is -0.132. The van der Waals surface area contributed by atoms with Crippen LogP contribution in [0.2, 0.25) is 0 Å². The number of aromatic amines is 1. The minimum absolute atomic E-state index is 0.214. The number of H-pyrrole nitrogens is 1. The molecule has 2 aliphatic rings. The van der Waals surface area contributed by atoms with Gasteiger partial charge in [-0.2, -0.15) is 0 Å². The zero-order valence-electron chi connectivity index (χ0n) is 16.8. The van der Waals surface area contributed by atoms with Gasteiger partial charge in [-0.05, 0) is 37.8 Å². The van der Waals surface area contributed by atoms with E-state index in [1.807, 2.05) is 29.2 Å². The number of nitrogens with one attached hydrogen (secondary N) is 1. The molecule has 152 valence electrons. The third-order valence-corrected chi connectivity index (χ3v) is 6.29. The number of para-hydroxylation sites is 2. The van der Waals surface area contributed by atoms with Crippen LogP contribution in [-0.4, -0.2) is 48.6 Å². The van der Waals surface area contributed by atoms with Crippen LogP contribution in [0, 0.1) is 0 Å². The monoisotopic (exact) mass is 392 g/mol. The summed E-state index contributed by atoms with van der Waals surface area (Å²) in [7, 11) is 0. The zero-order chi connectivity index (χ0) is 19.6. The van der Waals surface area contributed by atoms with E-state index < -0.39 is 0 Å². The van der Waals surface area contributed by atoms with Crippen molar-refractivity contribution in [3.63, 3.8) is 0 Å². The molecule has 0 spiro atoms. The summed E-state index contributed by atoms with van der Waals surface area (Å²) in [6.45, 7) is 2.63. The number of nitrogens with zero attached hydrogens (tertiary/aromatic N) is 5. The summed E-state index contributed by atoms with van der Waals surface area (Å²) in [5.41, 5.74) is 1.99. The van der Waals surface area contributed by atoms with Crippen molar-refractivity contribution in [1.82, 2.24) is 29.6 Å². The van der Waals surface area contributed by atoms with Crippen LogP contribution in [-0.2, 0) is 24.2 Å². The lowest BCUT2D eigenvalue weighted by Crippen LogP contribution is -2.40. The van der Waals surface area contributed by atoms with Crippen LogP contribution >= 0.6 is 0 Å². The molecule has 0 bridgehead atoms. The Morgan fingerprint density at radius 3 is 2.97 bits per heavy atom. The topological polar surface area (TPSA) is 79.7 Å². The fourth-order valence-corrected chi connectivity index (χ4v) is 4.73. The SMILES string of the molecule is O=C(CCc1nc2ccccc2[nH]1)N1CCCC(c2nnc3n2CCCCC3)C1. The van der Waals surface area contributed by atoms with Crippen LogP contribution < -0.4 is 0 Å². The Labute approximate surface area is 170 Å². The van der Waals surface area contributed by atoms with Crippen molar-refractivity contribution in [1.29, 1.82) is 0 Å². The number of likely N-dealkylation sites (tertiary alicyclic amines) is 1. The number of benzene rings is 1. The van der Waals surface area contributed by atoms with E-state index >= 15 is 0 Å². The largest absolute Gasteiger partial charge is 0.342 e. The number of carbonyl (C=O) groups is 1. The molecule has 1 N–H and O–H groups in total. The molecule has 7 nitrogen and oxygen atoms in total. The molecule has 0 radical (unpaired) electrons. The first-order valence-electron chi connectivity index (χ1n) is 10.9. The Hall–Kier alpha value is -2.70. The number of rotatable bonds is 4. The van der Waals surface area contributed by atoms with Gasteiger partial charge in [0.05, 0.1) is 11.0 Å². The minimum Gasteiger partial charge on any atom is -0.342 e. The molecule has 3 aromatic rings. The van der Waals surface area contributed by atoms with Gasteiger partial charge < -0.3 is 14.5 Å². The fourth-order valence-electron chi connectivity index (χ4n) is 4.73. The molecule has 2 aromatic heterocycles. The van der Waals surface area contributed by atoms with Crippen LogP contribution in [0.5, 0.6) is 0 Å². The highest BCUT2D eigenvalue weighted by molar-refractivity contribution is 5.77. The second kappa shape index (κ2) is 7.97. The van der Waals surface area contributed by atoms with E-state index in [1.165, 1.54) is 19.3 Å². The molecule has 1 fully saturated rings. The Morgan fingerprint density at radius 2 is 2.03 bits per heavy atom. The molecule has 29 heavy (non-hydrogen) atoms. The van der Waals surface area contributed by atoms with Gasteiger partial charge in [-0.25, -0.2) is 4.98 Å². The third kappa shape index (κ3) is 3.78. The van der Waals surface area contributed by atoms with Gasteiger partial charge in [0.1, 0.15) is 17.5 Å². The molecular formula is C22H28N6O. The number of imidazole rings is 1. The molecule has 1 atom stereocenters. The summed E-state index contributed by atoms with van der Waals surface area (Å²) in [5.74, 6) is 3.63. The standard InChI is InChI=1S/C22H28N6O/c29-21(12-11-19-23-17-8-3-4-9-18(17)24-19)27-13-6-7-16(15-27)22-26-25-20-10-2-1-5-14-28(20)22/h3-4,8-9,16H,1-2,5-7,10-15H2,(H,23,24). The number of hydrogen-bond acceptors (Lipinski definition) is 4. The van der Waals surface area contributed by atoms with Crippen LogP contribution in [0.4, 0.5) is 0 Å². The van der Waals surface area contributed by atoms with Crippen molar-refractivity contribution >= 4 is 16.9 Å². The van der Waals surface area contributed by atoms with E-state index in [0.29, 0.717) is 18.8 Å². The lowest BCUT2D eigenvalue weighted by atomic mass is 9.96. The predicted molar refractivity (Wildman–Crippen MR) is 111 cm³/mol. The maximum absolute atomic E-state index is 12.9. The summed E-state index contributed by atoms with van der Waals surface area (Å²) >= 11 is 0. The van der Waals surface area contributed by atoms with Crippen LogP contribution in [0.1, 0.15) is 61.9 Å². The fraction of sp³-hybridized carbons (Fsp3) is 0.545. The van der Waals surface area contributed by atoms with Crippen molar-refractivity contribution in [3.05, 3.63) is 41.7 Å². The van der Waals surface area contributed by atoms with Crippen molar-refractivity contribution in [2.45, 2.75) is 63.8 Å². The van der Waals surface area contributed by atoms with Gasteiger partial charge in [-0.15, -0.1) is 10.2 Å². The van der Waals surface area contributed by atoms with Gasteiger partial charge in [0, 0.05) is 44.8 Å². The lowest BCUT2D eigenvalue weighted by Gasteiger charge is -2.32. The highest BCUT2D eigenvalue weighted by atomic mass is 16.2. The smallest absolute Gasteiger partial charge is 0.223 e. The normalized spacial score (nSPS) is 19.9. The molecular weight excluding hydrogens is 364 g/mol. The van der Waals surface area contributed by atoms with E-state index in [1.54, 1.807) is 0 Å². The van der Waals surface area contributed by atoms with E-state index in [0.717, 1.165) is 67.4 Å². The number of aromatic nitrogens is 5. The maximum Gasteiger partial charge on any atom is 0.223 e. The summed E-state index contributed by atoms with van der Waals surface area (Å²) in [5, 5.41) is 8.99. The summed E-state index contributed by atoms with van der Waals surface area (Å²) in [6, 6.07) is 7.99. The van der Waals surface area contributed by atoms with Crippen LogP contribution in [0.15, 0.2) is 24.3 Å². The Morgan fingerprint density at radius 1 is 1.10 bits per heavy atom. The average Bonchev–Trinajstić information content (AvgIpc) is 3.28. The molecule has 1 saturated heterocycles. The second-order valence-corrected chi connectivity index (χ2v) is 8.32. The highest BCUT2D eigenvalue weighted by Gasteiger charge is 2.29. The van der Waals surface area contributed by atoms with Crippen molar-refractivity contribution in [2.75, 3.05) is 13.1 Å². The first kappa shape index (κ1) is 18.3. The Kier molecular flexibility index (Phi) is 5.04. The van der Waals surface area contributed by atoms with E-state index in [4.69, 9.17) is 0 Å². The highest BCUT2D eigenvalue weighted by Crippen LogP contribution is 2.28. The van der Waals surface area contributed by atoms with Crippen molar-refractivity contribution in [3.8, 4) is 0 Å². The molecule has 4 heterocycles. The van der Waals surface area contributed by atoms with Gasteiger partial charge in [0.25, 0.3) is 0 Å². The Bertz CT molecular complexity index is 973. The second-order valence-electron chi connectivity index (χ2n) is 8.32. The number of piperidine rings is 1. The number of fused-ring (bicyclic) bond motifs is 2. The van der Waals surface area contributed by atoms with Crippen LogP contribution in [0.3, 0.4) is 0 Å². The van der Waals surface area contributed by atoms with Gasteiger partial charge in [0.2, 0.25) is 5.91 Å². The van der Waals surface area contributed by atoms with E-state index in [-0.39, 0.29) is 5.91 Å².